The fourth-order valence-corrected chi connectivity index (χ4v) is 5.51. The zero-order chi connectivity index (χ0) is 30.9. The van der Waals surface area contributed by atoms with Crippen molar-refractivity contribution in [2.24, 2.45) is 0 Å². The lowest BCUT2D eigenvalue weighted by Crippen LogP contribution is -2.27. The standard InChI is InChI=1S/C35H56O6/c1-9-32(36,10-2)26-20-27(33(37,11-3)12-4)23-30(22-26)40-18-17-19-41-31-24-28(34(38,13-5)14-6)21-29(25-31)35(39,15-7)16-8/h20-25,36-39H,9-19H2,1-8H3. The molecule has 0 unspecified atom stereocenters. The molecule has 0 fully saturated rings. The van der Waals surface area contributed by atoms with Crippen molar-refractivity contribution in [3.8, 4) is 11.5 Å². The van der Waals surface area contributed by atoms with Crippen LogP contribution in [-0.2, 0) is 22.4 Å². The quantitative estimate of drug-likeness (QED) is 0.138. The average molecular weight is 573 g/mol. The molecule has 2 rings (SSSR count). The maximum Gasteiger partial charge on any atom is 0.120 e. The summed E-state index contributed by atoms with van der Waals surface area (Å²) in [6, 6.07) is 11.4. The Bertz CT molecular complexity index is 920. The molecule has 0 aliphatic rings. The van der Waals surface area contributed by atoms with Crippen LogP contribution >= 0.6 is 0 Å². The molecule has 0 saturated carbocycles. The van der Waals surface area contributed by atoms with E-state index in [1.807, 2.05) is 91.8 Å². The molecule has 6 heteroatoms. The summed E-state index contributed by atoms with van der Waals surface area (Å²) in [6.45, 7) is 16.5. The van der Waals surface area contributed by atoms with Crippen LogP contribution in [0, 0.1) is 0 Å². The Labute approximate surface area is 248 Å². The molecule has 2 aromatic rings. The molecule has 0 aliphatic heterocycles. The number of rotatable bonds is 18. The molecule has 0 heterocycles. The van der Waals surface area contributed by atoms with Crippen molar-refractivity contribution in [1.29, 1.82) is 0 Å². The Balaban J connectivity index is 2.24. The molecule has 0 aromatic heterocycles. The van der Waals surface area contributed by atoms with Gasteiger partial charge >= 0.3 is 0 Å². The molecule has 232 valence electrons. The fraction of sp³-hybridized carbons (Fsp3) is 0.657. The highest BCUT2D eigenvalue weighted by atomic mass is 16.5. The molecular weight excluding hydrogens is 516 g/mol. The smallest absolute Gasteiger partial charge is 0.120 e. The van der Waals surface area contributed by atoms with E-state index in [1.54, 1.807) is 0 Å². The van der Waals surface area contributed by atoms with Gasteiger partial charge in [0, 0.05) is 6.42 Å². The Hall–Kier alpha value is -2.12. The van der Waals surface area contributed by atoms with Gasteiger partial charge in [-0.3, -0.25) is 0 Å². The molecule has 2 aromatic carbocycles. The second-order valence-electron chi connectivity index (χ2n) is 11.5. The van der Waals surface area contributed by atoms with Gasteiger partial charge in [0.05, 0.1) is 35.6 Å². The van der Waals surface area contributed by atoms with Gasteiger partial charge in [-0.05, 0) is 110 Å². The number of ether oxygens (including phenoxy) is 2. The molecular formula is C35H56O6. The molecule has 0 spiro atoms. The van der Waals surface area contributed by atoms with E-state index >= 15 is 0 Å². The molecule has 0 atom stereocenters. The highest BCUT2D eigenvalue weighted by Crippen LogP contribution is 2.39. The van der Waals surface area contributed by atoms with Crippen LogP contribution < -0.4 is 9.47 Å². The van der Waals surface area contributed by atoms with Crippen LogP contribution in [-0.4, -0.2) is 33.6 Å². The normalized spacial score (nSPS) is 13.0. The number of aliphatic hydroxyl groups is 4. The van der Waals surface area contributed by atoms with E-state index in [9.17, 15) is 20.4 Å². The third-order valence-electron chi connectivity index (χ3n) is 9.47. The lowest BCUT2D eigenvalue weighted by molar-refractivity contribution is 0.0207. The van der Waals surface area contributed by atoms with Crippen molar-refractivity contribution in [2.45, 2.75) is 136 Å². The first-order chi connectivity index (χ1) is 19.4. The third kappa shape index (κ3) is 8.04. The Morgan fingerprint density at radius 2 is 0.634 bits per heavy atom. The first-order valence-corrected chi connectivity index (χ1v) is 15.8. The molecule has 0 saturated heterocycles. The summed E-state index contributed by atoms with van der Waals surface area (Å²) in [4.78, 5) is 0. The molecule has 6 nitrogen and oxygen atoms in total. The van der Waals surface area contributed by atoms with Gasteiger partial charge in [-0.2, -0.15) is 0 Å². The van der Waals surface area contributed by atoms with Crippen LogP contribution in [0.1, 0.15) is 135 Å². The van der Waals surface area contributed by atoms with E-state index in [2.05, 4.69) is 0 Å². The second kappa shape index (κ2) is 14.9. The Morgan fingerprint density at radius 3 is 0.829 bits per heavy atom. The molecule has 0 bridgehead atoms. The van der Waals surface area contributed by atoms with Gasteiger partial charge in [-0.25, -0.2) is 0 Å². The Kier molecular flexibility index (Phi) is 12.7. The monoisotopic (exact) mass is 572 g/mol. The summed E-state index contributed by atoms with van der Waals surface area (Å²) in [5, 5.41) is 44.9. The van der Waals surface area contributed by atoms with Gasteiger partial charge in [-0.15, -0.1) is 0 Å². The van der Waals surface area contributed by atoms with Crippen molar-refractivity contribution in [1.82, 2.24) is 0 Å². The van der Waals surface area contributed by atoms with Gasteiger partial charge in [0.2, 0.25) is 0 Å². The molecule has 0 aliphatic carbocycles. The van der Waals surface area contributed by atoms with Crippen LogP contribution in [0.25, 0.3) is 0 Å². The minimum atomic E-state index is -0.986. The van der Waals surface area contributed by atoms with Crippen LogP contribution in [0.3, 0.4) is 0 Å². The van der Waals surface area contributed by atoms with Gasteiger partial charge in [-0.1, -0.05) is 55.4 Å². The van der Waals surface area contributed by atoms with Crippen LogP contribution in [0.15, 0.2) is 36.4 Å². The highest BCUT2D eigenvalue weighted by molar-refractivity contribution is 5.41. The van der Waals surface area contributed by atoms with Gasteiger partial charge in [0.15, 0.2) is 0 Å². The van der Waals surface area contributed by atoms with E-state index in [0.29, 0.717) is 82.5 Å². The van der Waals surface area contributed by atoms with Crippen molar-refractivity contribution >= 4 is 0 Å². The lowest BCUT2D eigenvalue weighted by atomic mass is 9.82. The number of benzene rings is 2. The summed E-state index contributed by atoms with van der Waals surface area (Å²) in [5.41, 5.74) is -0.908. The molecule has 41 heavy (non-hydrogen) atoms. The maximum atomic E-state index is 11.2. The second-order valence-corrected chi connectivity index (χ2v) is 11.5. The maximum absolute atomic E-state index is 11.2. The van der Waals surface area contributed by atoms with Gasteiger partial charge in [0.1, 0.15) is 11.5 Å². The first kappa shape index (κ1) is 35.1. The van der Waals surface area contributed by atoms with Crippen molar-refractivity contribution in [3.63, 3.8) is 0 Å². The molecule has 4 N–H and O–H groups in total. The molecule has 0 radical (unpaired) electrons. The van der Waals surface area contributed by atoms with E-state index in [4.69, 9.17) is 9.47 Å². The van der Waals surface area contributed by atoms with Crippen molar-refractivity contribution in [3.05, 3.63) is 58.7 Å². The summed E-state index contributed by atoms with van der Waals surface area (Å²) in [6.07, 6.45) is 5.12. The third-order valence-corrected chi connectivity index (χ3v) is 9.47. The topological polar surface area (TPSA) is 99.4 Å². The summed E-state index contributed by atoms with van der Waals surface area (Å²) < 4.78 is 12.3. The van der Waals surface area contributed by atoms with E-state index < -0.39 is 22.4 Å². The van der Waals surface area contributed by atoms with E-state index in [1.165, 1.54) is 0 Å². The van der Waals surface area contributed by atoms with E-state index in [0.717, 1.165) is 22.3 Å². The minimum absolute atomic E-state index is 0.393. The predicted octanol–water partition coefficient (Wildman–Crippen LogP) is 7.56. The molecule has 0 amide bonds. The minimum Gasteiger partial charge on any atom is -0.493 e. The summed E-state index contributed by atoms with van der Waals surface area (Å²) in [5.74, 6) is 1.24. The van der Waals surface area contributed by atoms with Gasteiger partial charge in [0.25, 0.3) is 0 Å². The largest absolute Gasteiger partial charge is 0.493 e. The van der Waals surface area contributed by atoms with Crippen molar-refractivity contribution < 1.29 is 29.9 Å². The Morgan fingerprint density at radius 1 is 0.415 bits per heavy atom. The van der Waals surface area contributed by atoms with Gasteiger partial charge < -0.3 is 29.9 Å². The summed E-state index contributed by atoms with van der Waals surface area (Å²) >= 11 is 0. The van der Waals surface area contributed by atoms with E-state index in [-0.39, 0.29) is 0 Å². The van der Waals surface area contributed by atoms with Crippen LogP contribution in [0.5, 0.6) is 11.5 Å². The zero-order valence-corrected chi connectivity index (χ0v) is 26.8. The van der Waals surface area contributed by atoms with Crippen molar-refractivity contribution in [2.75, 3.05) is 13.2 Å². The average Bonchev–Trinajstić information content (AvgIpc) is 3.02. The van der Waals surface area contributed by atoms with Crippen LogP contribution in [0.2, 0.25) is 0 Å². The number of hydrogen-bond acceptors (Lipinski definition) is 6. The highest BCUT2D eigenvalue weighted by Gasteiger charge is 2.32. The SMILES string of the molecule is CCC(O)(CC)c1cc(OCCCOc2cc(C(O)(CC)CC)cc(C(O)(CC)CC)c2)cc(C(O)(CC)CC)c1. The predicted molar refractivity (Wildman–Crippen MR) is 166 cm³/mol. The fourth-order valence-electron chi connectivity index (χ4n) is 5.51. The number of hydrogen-bond donors (Lipinski definition) is 4. The van der Waals surface area contributed by atoms with Crippen LogP contribution in [0.4, 0.5) is 0 Å². The lowest BCUT2D eigenvalue weighted by Gasteiger charge is -2.31. The first-order valence-electron chi connectivity index (χ1n) is 15.8. The summed E-state index contributed by atoms with van der Waals surface area (Å²) in [7, 11) is 0. The zero-order valence-electron chi connectivity index (χ0n) is 26.8.